The van der Waals surface area contributed by atoms with E-state index in [-0.39, 0.29) is 37.6 Å². The first-order valence-corrected chi connectivity index (χ1v) is 15.3. The second-order valence-electron chi connectivity index (χ2n) is 9.94. The number of rotatable bonds is 21. The molecule has 0 unspecified atom stereocenters. The molecule has 0 saturated heterocycles. The van der Waals surface area contributed by atoms with Gasteiger partial charge in [0.05, 0.1) is 31.5 Å². The van der Waals surface area contributed by atoms with E-state index in [9.17, 15) is 27.4 Å². The van der Waals surface area contributed by atoms with Gasteiger partial charge in [-0.2, -0.15) is 8.42 Å². The van der Waals surface area contributed by atoms with Gasteiger partial charge in [-0.3, -0.25) is 14.1 Å². The van der Waals surface area contributed by atoms with Crippen LogP contribution in [-0.2, 0) is 47.1 Å². The fourth-order valence-corrected chi connectivity index (χ4v) is 5.06. The third-order valence-corrected chi connectivity index (χ3v) is 7.30. The standard InChI is InChI=1S/C28H43N3O8S/c1-4-30(3)20-25-18-23-9-5-6-10-27(23)31(25)13-11-26(33)19-24(21-40(35,36)37)28(34)29-12-15-39-17-16-38-14-7-8-22(2)32/h5-6,9-10,18,24H,4,7-8,11-17,19-21H2,1-3H3,(H,29,34)(H,35,36,37)/t24-/m0/s1. The molecule has 2 N–H and O–H groups in total. The number of benzene rings is 1. The largest absolute Gasteiger partial charge is 0.379 e. The summed E-state index contributed by atoms with van der Waals surface area (Å²) in [6.45, 7) is 6.96. The van der Waals surface area contributed by atoms with Crippen LogP contribution >= 0.6 is 0 Å². The minimum Gasteiger partial charge on any atom is -0.379 e. The van der Waals surface area contributed by atoms with Crippen molar-refractivity contribution in [1.29, 1.82) is 0 Å². The van der Waals surface area contributed by atoms with Crippen molar-refractivity contribution >= 4 is 38.5 Å². The van der Waals surface area contributed by atoms with Crippen LogP contribution in [-0.4, -0.2) is 92.2 Å². The van der Waals surface area contributed by atoms with Gasteiger partial charge in [-0.15, -0.1) is 0 Å². The van der Waals surface area contributed by atoms with Gasteiger partial charge >= 0.3 is 0 Å². The Kier molecular flexibility index (Phi) is 14.5. The molecule has 2 rings (SSSR count). The number of nitrogens with one attached hydrogen (secondary N) is 1. The minimum atomic E-state index is -4.47. The van der Waals surface area contributed by atoms with Crippen LogP contribution in [0.1, 0.15) is 45.2 Å². The second kappa shape index (κ2) is 17.2. The molecule has 224 valence electrons. The van der Waals surface area contributed by atoms with Crippen molar-refractivity contribution in [3.8, 4) is 0 Å². The number of hydrogen-bond donors (Lipinski definition) is 2. The molecule has 0 aliphatic heterocycles. The summed E-state index contributed by atoms with van der Waals surface area (Å²) in [6.07, 6.45) is 0.940. The zero-order valence-corrected chi connectivity index (χ0v) is 24.6. The molecule has 1 aromatic heterocycles. The number of nitrogens with zero attached hydrogens (tertiary/aromatic N) is 2. The first-order chi connectivity index (χ1) is 19.0. The lowest BCUT2D eigenvalue weighted by Gasteiger charge is -2.18. The number of ether oxygens (including phenoxy) is 2. The van der Waals surface area contributed by atoms with Gasteiger partial charge in [0.15, 0.2) is 0 Å². The number of para-hydroxylation sites is 1. The fourth-order valence-electron chi connectivity index (χ4n) is 4.28. The van der Waals surface area contributed by atoms with Crippen LogP contribution in [0.3, 0.4) is 0 Å². The van der Waals surface area contributed by atoms with Crippen LogP contribution in [0.4, 0.5) is 0 Å². The Bertz CT molecular complexity index is 1210. The van der Waals surface area contributed by atoms with Crippen molar-refractivity contribution in [3.05, 3.63) is 36.0 Å². The highest BCUT2D eigenvalue weighted by atomic mass is 32.2. The maximum absolute atomic E-state index is 12.9. The third kappa shape index (κ3) is 12.7. The molecule has 0 radical (unpaired) electrons. The molecule has 0 aliphatic carbocycles. The van der Waals surface area contributed by atoms with E-state index in [0.717, 1.165) is 23.1 Å². The molecule has 2 aromatic rings. The summed E-state index contributed by atoms with van der Waals surface area (Å²) < 4.78 is 45.3. The number of carbonyl (C=O) groups is 3. The monoisotopic (exact) mass is 581 g/mol. The van der Waals surface area contributed by atoms with E-state index in [1.54, 1.807) is 0 Å². The van der Waals surface area contributed by atoms with E-state index in [1.807, 2.05) is 31.3 Å². The minimum absolute atomic E-state index is 0.114. The quantitative estimate of drug-likeness (QED) is 0.168. The van der Waals surface area contributed by atoms with Gasteiger partial charge in [0.1, 0.15) is 11.6 Å². The molecular weight excluding hydrogens is 538 g/mol. The highest BCUT2D eigenvalue weighted by Gasteiger charge is 2.27. The molecule has 0 fully saturated rings. The first-order valence-electron chi connectivity index (χ1n) is 13.6. The summed E-state index contributed by atoms with van der Waals surface area (Å²) in [4.78, 5) is 38.6. The molecule has 12 heteroatoms. The summed E-state index contributed by atoms with van der Waals surface area (Å²) in [5.41, 5.74) is 2.07. The van der Waals surface area contributed by atoms with Crippen LogP contribution < -0.4 is 5.32 Å². The van der Waals surface area contributed by atoms with Crippen LogP contribution in [0, 0.1) is 5.92 Å². The molecular formula is C28H43N3O8S. The fraction of sp³-hybridized carbons (Fsp3) is 0.607. The van der Waals surface area contributed by atoms with Gasteiger partial charge < -0.3 is 29.1 Å². The van der Waals surface area contributed by atoms with E-state index >= 15 is 0 Å². The Morgan fingerprint density at radius 1 is 1.07 bits per heavy atom. The van der Waals surface area contributed by atoms with Crippen molar-refractivity contribution in [2.24, 2.45) is 5.92 Å². The van der Waals surface area contributed by atoms with E-state index in [1.165, 1.54) is 6.92 Å². The molecule has 0 spiro atoms. The number of Topliss-reactive ketones (excluding diaryl/α,β-unsaturated/α-hetero) is 2. The highest BCUT2D eigenvalue weighted by molar-refractivity contribution is 7.85. The lowest BCUT2D eigenvalue weighted by molar-refractivity contribution is -0.129. The Hall–Kier alpha value is -2.64. The molecule has 11 nitrogen and oxygen atoms in total. The van der Waals surface area contributed by atoms with Crippen LogP contribution in [0.15, 0.2) is 30.3 Å². The number of hydrogen-bond acceptors (Lipinski definition) is 8. The zero-order chi connectivity index (χ0) is 29.5. The number of ketones is 2. The Morgan fingerprint density at radius 3 is 2.45 bits per heavy atom. The summed E-state index contributed by atoms with van der Waals surface area (Å²) in [6, 6.07) is 10.0. The van der Waals surface area contributed by atoms with Gasteiger partial charge in [-0.25, -0.2) is 0 Å². The number of amides is 1. The second-order valence-corrected chi connectivity index (χ2v) is 11.4. The van der Waals surface area contributed by atoms with E-state index < -0.39 is 27.7 Å². The maximum atomic E-state index is 12.9. The van der Waals surface area contributed by atoms with Crippen LogP contribution in [0.2, 0.25) is 0 Å². The summed E-state index contributed by atoms with van der Waals surface area (Å²) in [5, 5.41) is 3.65. The van der Waals surface area contributed by atoms with Crippen LogP contribution in [0.5, 0.6) is 0 Å². The zero-order valence-electron chi connectivity index (χ0n) is 23.8. The first kappa shape index (κ1) is 33.6. The highest BCUT2D eigenvalue weighted by Crippen LogP contribution is 2.22. The average molecular weight is 582 g/mol. The summed E-state index contributed by atoms with van der Waals surface area (Å²) >= 11 is 0. The third-order valence-electron chi connectivity index (χ3n) is 6.47. The molecule has 1 aromatic carbocycles. The van der Waals surface area contributed by atoms with Crippen LogP contribution in [0.25, 0.3) is 10.9 Å². The van der Waals surface area contributed by atoms with Gasteiger partial charge in [-0.1, -0.05) is 25.1 Å². The predicted octanol–water partition coefficient (Wildman–Crippen LogP) is 2.46. The lowest BCUT2D eigenvalue weighted by Crippen LogP contribution is -2.37. The number of aryl methyl sites for hydroxylation is 1. The van der Waals surface area contributed by atoms with E-state index in [2.05, 4.69) is 27.8 Å². The number of aromatic nitrogens is 1. The molecule has 0 aliphatic rings. The van der Waals surface area contributed by atoms with Crippen molar-refractivity contribution in [2.45, 2.75) is 52.6 Å². The Morgan fingerprint density at radius 2 is 1.77 bits per heavy atom. The Labute approximate surface area is 236 Å². The van der Waals surface area contributed by atoms with Crippen molar-refractivity contribution < 1.29 is 36.8 Å². The molecule has 1 heterocycles. The normalized spacial score (nSPS) is 12.6. The molecule has 1 atom stereocenters. The lowest BCUT2D eigenvalue weighted by atomic mass is 10.0. The predicted molar refractivity (Wildman–Crippen MR) is 153 cm³/mol. The number of carbonyl (C=O) groups excluding carboxylic acids is 3. The van der Waals surface area contributed by atoms with Gasteiger partial charge in [0, 0.05) is 56.7 Å². The average Bonchev–Trinajstić information content (AvgIpc) is 3.23. The molecule has 0 saturated carbocycles. The van der Waals surface area contributed by atoms with Crippen molar-refractivity contribution in [1.82, 2.24) is 14.8 Å². The van der Waals surface area contributed by atoms with Gasteiger partial charge in [0.25, 0.3) is 10.1 Å². The molecule has 40 heavy (non-hydrogen) atoms. The SMILES string of the molecule is CCN(C)Cc1cc2ccccc2n1CCC(=O)C[C@@H](CS(=O)(=O)O)C(=O)NCCOCCOCCCC(C)=O. The van der Waals surface area contributed by atoms with Crippen molar-refractivity contribution in [3.63, 3.8) is 0 Å². The summed E-state index contributed by atoms with van der Waals surface area (Å²) in [5.74, 6) is -2.83. The summed E-state index contributed by atoms with van der Waals surface area (Å²) in [7, 11) is -2.46. The molecule has 1 amide bonds. The van der Waals surface area contributed by atoms with Gasteiger partial charge in [0.2, 0.25) is 5.91 Å². The Balaban J connectivity index is 1.86. The maximum Gasteiger partial charge on any atom is 0.265 e. The molecule has 0 bridgehead atoms. The number of fused-ring (bicyclic) bond motifs is 1. The topological polar surface area (TPSA) is 144 Å². The van der Waals surface area contributed by atoms with Gasteiger partial charge in [-0.05, 0) is 44.5 Å². The smallest absolute Gasteiger partial charge is 0.265 e. The van der Waals surface area contributed by atoms with E-state index in [0.29, 0.717) is 45.8 Å². The van der Waals surface area contributed by atoms with Crippen molar-refractivity contribution in [2.75, 3.05) is 52.3 Å². The van der Waals surface area contributed by atoms with E-state index in [4.69, 9.17) is 9.47 Å².